The Bertz CT molecular complexity index is 496. The van der Waals surface area contributed by atoms with Gasteiger partial charge in [0.05, 0.1) is 21.5 Å². The van der Waals surface area contributed by atoms with Crippen molar-refractivity contribution in [3.8, 4) is 5.75 Å². The van der Waals surface area contributed by atoms with E-state index in [2.05, 4.69) is 0 Å². The Morgan fingerprint density at radius 2 is 1.78 bits per heavy atom. The number of benzene rings is 1. The van der Waals surface area contributed by atoms with Crippen LogP contribution in [-0.4, -0.2) is 28.2 Å². The van der Waals surface area contributed by atoms with E-state index in [9.17, 15) is 8.42 Å². The summed E-state index contributed by atoms with van der Waals surface area (Å²) in [6.07, 6.45) is 0. The highest BCUT2D eigenvalue weighted by atomic mass is 35.5. The molecular formula is C10H13Cl2NO4S. The fourth-order valence-corrected chi connectivity index (χ4v) is 2.48. The van der Waals surface area contributed by atoms with E-state index in [1.165, 1.54) is 12.1 Å². The highest BCUT2D eigenvalue weighted by Gasteiger charge is 2.15. The second-order valence-electron chi connectivity index (χ2n) is 3.31. The SMILES string of the molecule is CCOCCOc1c(Cl)cc(S(N)(=O)=O)cc1Cl. The Morgan fingerprint density at radius 3 is 2.22 bits per heavy atom. The van der Waals surface area contributed by atoms with Gasteiger partial charge in [0.25, 0.3) is 0 Å². The Balaban J connectivity index is 2.88. The third-order valence-electron chi connectivity index (χ3n) is 1.98. The van der Waals surface area contributed by atoms with Gasteiger partial charge >= 0.3 is 0 Å². The largest absolute Gasteiger partial charge is 0.488 e. The van der Waals surface area contributed by atoms with Crippen molar-refractivity contribution in [3.05, 3.63) is 22.2 Å². The number of hydrogen-bond donors (Lipinski definition) is 1. The standard InChI is InChI=1S/C10H13Cl2NO4S/c1-2-16-3-4-17-10-8(11)5-7(6-9(10)12)18(13,14)15/h5-6H,2-4H2,1H3,(H2,13,14,15). The summed E-state index contributed by atoms with van der Waals surface area (Å²) in [4.78, 5) is -0.158. The number of ether oxygens (including phenoxy) is 2. The van der Waals surface area contributed by atoms with Crippen LogP contribution in [0.2, 0.25) is 10.0 Å². The first-order valence-corrected chi connectivity index (χ1v) is 7.39. The van der Waals surface area contributed by atoms with Crippen molar-refractivity contribution < 1.29 is 17.9 Å². The minimum atomic E-state index is -3.84. The van der Waals surface area contributed by atoms with E-state index >= 15 is 0 Å². The van der Waals surface area contributed by atoms with Crippen LogP contribution in [-0.2, 0) is 14.8 Å². The van der Waals surface area contributed by atoms with Crippen molar-refractivity contribution in [1.82, 2.24) is 0 Å². The molecular weight excluding hydrogens is 301 g/mol. The normalized spacial score (nSPS) is 11.6. The maximum absolute atomic E-state index is 11.1. The highest BCUT2D eigenvalue weighted by molar-refractivity contribution is 7.89. The fraction of sp³-hybridized carbons (Fsp3) is 0.400. The van der Waals surface area contributed by atoms with Gasteiger partial charge in [0.2, 0.25) is 10.0 Å². The van der Waals surface area contributed by atoms with Crippen molar-refractivity contribution in [2.45, 2.75) is 11.8 Å². The molecule has 0 amide bonds. The third-order valence-corrected chi connectivity index (χ3v) is 3.43. The molecule has 18 heavy (non-hydrogen) atoms. The molecule has 0 aliphatic rings. The predicted molar refractivity (Wildman–Crippen MR) is 69.8 cm³/mol. The lowest BCUT2D eigenvalue weighted by Crippen LogP contribution is -2.12. The third kappa shape index (κ3) is 4.29. The van der Waals surface area contributed by atoms with Crippen molar-refractivity contribution in [1.29, 1.82) is 0 Å². The summed E-state index contributed by atoms with van der Waals surface area (Å²) in [5.41, 5.74) is 0. The maximum atomic E-state index is 11.1. The van der Waals surface area contributed by atoms with E-state index in [4.69, 9.17) is 37.8 Å². The number of rotatable bonds is 6. The molecule has 0 saturated carbocycles. The average molecular weight is 314 g/mol. The smallest absolute Gasteiger partial charge is 0.238 e. The molecule has 8 heteroatoms. The first-order chi connectivity index (χ1) is 8.36. The summed E-state index contributed by atoms with van der Waals surface area (Å²) in [5, 5.41) is 5.15. The molecule has 102 valence electrons. The zero-order valence-electron chi connectivity index (χ0n) is 9.65. The van der Waals surface area contributed by atoms with E-state index in [-0.39, 0.29) is 27.3 Å². The van der Waals surface area contributed by atoms with E-state index < -0.39 is 10.0 Å². The molecule has 0 fully saturated rings. The van der Waals surface area contributed by atoms with Gasteiger partial charge < -0.3 is 9.47 Å². The Labute approximate surface area is 116 Å². The summed E-state index contributed by atoms with van der Waals surface area (Å²) in [6, 6.07) is 2.39. The molecule has 0 aliphatic carbocycles. The molecule has 0 aliphatic heterocycles. The average Bonchev–Trinajstić information content (AvgIpc) is 2.25. The van der Waals surface area contributed by atoms with Crippen molar-refractivity contribution in [3.63, 3.8) is 0 Å². The van der Waals surface area contributed by atoms with Gasteiger partial charge in [-0.2, -0.15) is 0 Å². The molecule has 0 saturated heterocycles. The van der Waals surface area contributed by atoms with Crippen LogP contribution in [0.5, 0.6) is 5.75 Å². The van der Waals surface area contributed by atoms with Crippen molar-refractivity contribution >= 4 is 33.2 Å². The van der Waals surface area contributed by atoms with Gasteiger partial charge in [0.1, 0.15) is 6.61 Å². The minimum absolute atomic E-state index is 0.0861. The Kier molecular flexibility index (Phi) is 5.68. The number of nitrogens with two attached hydrogens (primary N) is 1. The summed E-state index contributed by atoms with van der Waals surface area (Å²) in [5.74, 6) is 0.213. The number of sulfonamides is 1. The van der Waals surface area contributed by atoms with E-state index in [0.717, 1.165) is 0 Å². The molecule has 2 N–H and O–H groups in total. The van der Waals surface area contributed by atoms with Gasteiger partial charge in [0.15, 0.2) is 5.75 Å². The molecule has 0 heterocycles. The molecule has 0 aromatic heterocycles. The monoisotopic (exact) mass is 313 g/mol. The summed E-state index contributed by atoms with van der Waals surface area (Å²) in [7, 11) is -3.84. The molecule has 0 bridgehead atoms. The molecule has 0 spiro atoms. The van der Waals surface area contributed by atoms with Crippen LogP contribution >= 0.6 is 23.2 Å². The maximum Gasteiger partial charge on any atom is 0.238 e. The van der Waals surface area contributed by atoms with Gasteiger partial charge in [-0.05, 0) is 19.1 Å². The zero-order chi connectivity index (χ0) is 13.8. The van der Waals surface area contributed by atoms with E-state index in [0.29, 0.717) is 13.2 Å². The molecule has 0 atom stereocenters. The predicted octanol–water partition coefficient (Wildman–Crippen LogP) is 2.06. The van der Waals surface area contributed by atoms with Crippen LogP contribution in [0.15, 0.2) is 17.0 Å². The van der Waals surface area contributed by atoms with Gasteiger partial charge in [-0.3, -0.25) is 0 Å². The van der Waals surface area contributed by atoms with Gasteiger partial charge in [0, 0.05) is 6.61 Å². The zero-order valence-corrected chi connectivity index (χ0v) is 12.0. The molecule has 0 radical (unpaired) electrons. The fourth-order valence-electron chi connectivity index (χ4n) is 1.19. The van der Waals surface area contributed by atoms with Gasteiger partial charge in [-0.15, -0.1) is 0 Å². The Morgan fingerprint density at radius 1 is 1.22 bits per heavy atom. The lowest BCUT2D eigenvalue weighted by atomic mass is 10.3. The lowest BCUT2D eigenvalue weighted by Gasteiger charge is -2.11. The first kappa shape index (κ1) is 15.5. The first-order valence-electron chi connectivity index (χ1n) is 5.08. The minimum Gasteiger partial charge on any atom is -0.488 e. The van der Waals surface area contributed by atoms with Crippen LogP contribution < -0.4 is 9.88 Å². The Hall–Kier alpha value is -0.530. The molecule has 1 aromatic carbocycles. The van der Waals surface area contributed by atoms with Crippen molar-refractivity contribution in [2.75, 3.05) is 19.8 Å². The van der Waals surface area contributed by atoms with Gasteiger partial charge in [-0.25, -0.2) is 13.6 Å². The van der Waals surface area contributed by atoms with Crippen LogP contribution in [0.1, 0.15) is 6.92 Å². The number of hydrogen-bond acceptors (Lipinski definition) is 4. The molecule has 1 aromatic rings. The van der Waals surface area contributed by atoms with Crippen LogP contribution in [0.4, 0.5) is 0 Å². The second kappa shape index (κ2) is 6.58. The van der Waals surface area contributed by atoms with Gasteiger partial charge in [-0.1, -0.05) is 23.2 Å². The van der Waals surface area contributed by atoms with Crippen LogP contribution in [0, 0.1) is 0 Å². The lowest BCUT2D eigenvalue weighted by molar-refractivity contribution is 0.110. The second-order valence-corrected chi connectivity index (χ2v) is 5.68. The summed E-state index contributed by atoms with van der Waals surface area (Å²) in [6.45, 7) is 3.10. The topological polar surface area (TPSA) is 78.6 Å². The number of primary sulfonamides is 1. The highest BCUT2D eigenvalue weighted by Crippen LogP contribution is 2.35. The van der Waals surface area contributed by atoms with Crippen LogP contribution in [0.25, 0.3) is 0 Å². The van der Waals surface area contributed by atoms with E-state index in [1.54, 1.807) is 0 Å². The molecule has 0 unspecified atom stereocenters. The summed E-state index contributed by atoms with van der Waals surface area (Å²) < 4.78 is 32.7. The summed E-state index contributed by atoms with van der Waals surface area (Å²) >= 11 is 11.8. The quantitative estimate of drug-likeness (QED) is 0.815. The molecule has 1 rings (SSSR count). The van der Waals surface area contributed by atoms with Crippen LogP contribution in [0.3, 0.4) is 0 Å². The number of halogens is 2. The van der Waals surface area contributed by atoms with E-state index in [1.807, 2.05) is 6.92 Å². The molecule has 5 nitrogen and oxygen atoms in total. The van der Waals surface area contributed by atoms with Crippen molar-refractivity contribution in [2.24, 2.45) is 5.14 Å².